The van der Waals surface area contributed by atoms with Crippen molar-refractivity contribution in [2.45, 2.75) is 43.9 Å². The number of fused-ring (bicyclic) bond motifs is 1. The van der Waals surface area contributed by atoms with Crippen LogP contribution in [0, 0.1) is 0 Å². The Morgan fingerprint density at radius 3 is 2.75 bits per heavy atom. The van der Waals surface area contributed by atoms with Crippen LogP contribution in [0.3, 0.4) is 0 Å². The summed E-state index contributed by atoms with van der Waals surface area (Å²) >= 11 is 0. The van der Waals surface area contributed by atoms with Crippen molar-refractivity contribution in [2.24, 2.45) is 0 Å². The van der Waals surface area contributed by atoms with Gasteiger partial charge in [0.15, 0.2) is 0 Å². The molecule has 88 valence electrons. The molecule has 1 aliphatic rings. The number of hydrogen-bond acceptors (Lipinski definition) is 2. The standard InChI is InChI=1S/C13H18O2S/c1-4-9-7-16(15)12-6-10(14)5-11(8(2)3)13(9)12/h5-6,8-9,14H,4,7H2,1-3H3. The van der Waals surface area contributed by atoms with Crippen LogP contribution >= 0.6 is 0 Å². The first-order chi connectivity index (χ1) is 7.54. The van der Waals surface area contributed by atoms with E-state index in [1.807, 2.05) is 6.07 Å². The summed E-state index contributed by atoms with van der Waals surface area (Å²) in [6.45, 7) is 6.36. The molecule has 3 heteroatoms. The molecule has 0 aromatic heterocycles. The minimum atomic E-state index is -0.925. The molecule has 2 atom stereocenters. The van der Waals surface area contributed by atoms with Gasteiger partial charge < -0.3 is 5.11 Å². The second-order valence-electron chi connectivity index (χ2n) is 4.72. The average molecular weight is 238 g/mol. The van der Waals surface area contributed by atoms with E-state index in [0.29, 0.717) is 11.8 Å². The number of phenols is 1. The Hall–Kier alpha value is -0.830. The van der Waals surface area contributed by atoms with E-state index in [2.05, 4.69) is 20.8 Å². The van der Waals surface area contributed by atoms with Gasteiger partial charge in [0.1, 0.15) is 5.75 Å². The maximum atomic E-state index is 12.0. The van der Waals surface area contributed by atoms with E-state index >= 15 is 0 Å². The highest BCUT2D eigenvalue weighted by Crippen LogP contribution is 2.41. The molecule has 16 heavy (non-hydrogen) atoms. The van der Waals surface area contributed by atoms with Crippen molar-refractivity contribution in [3.63, 3.8) is 0 Å². The zero-order valence-electron chi connectivity index (χ0n) is 9.99. The van der Waals surface area contributed by atoms with Gasteiger partial charge in [-0.1, -0.05) is 20.8 Å². The maximum Gasteiger partial charge on any atom is 0.117 e. The molecule has 2 nitrogen and oxygen atoms in total. The number of phenolic OH excluding ortho intramolecular Hbond substituents is 1. The first kappa shape index (κ1) is 11.6. The van der Waals surface area contributed by atoms with Crippen LogP contribution in [0.25, 0.3) is 0 Å². The predicted octanol–water partition coefficient (Wildman–Crippen LogP) is 3.13. The summed E-state index contributed by atoms with van der Waals surface area (Å²) in [4.78, 5) is 0.857. The molecule has 0 bridgehead atoms. The lowest BCUT2D eigenvalue weighted by atomic mass is 9.88. The topological polar surface area (TPSA) is 37.3 Å². The molecule has 2 unspecified atom stereocenters. The normalized spacial score (nSPS) is 23.8. The highest BCUT2D eigenvalue weighted by Gasteiger charge is 2.30. The third-order valence-corrected chi connectivity index (χ3v) is 4.81. The molecule has 0 aliphatic carbocycles. The van der Waals surface area contributed by atoms with Gasteiger partial charge in [0.2, 0.25) is 0 Å². The van der Waals surface area contributed by atoms with Crippen LogP contribution in [0.5, 0.6) is 5.75 Å². The van der Waals surface area contributed by atoms with E-state index in [1.165, 1.54) is 5.56 Å². The highest BCUT2D eigenvalue weighted by molar-refractivity contribution is 7.85. The minimum Gasteiger partial charge on any atom is -0.508 e. The van der Waals surface area contributed by atoms with Crippen LogP contribution in [0.4, 0.5) is 0 Å². The summed E-state index contributed by atoms with van der Waals surface area (Å²) in [6.07, 6.45) is 1.02. The zero-order chi connectivity index (χ0) is 11.9. The van der Waals surface area contributed by atoms with Gasteiger partial charge in [0.05, 0.1) is 10.8 Å². The van der Waals surface area contributed by atoms with E-state index in [4.69, 9.17) is 0 Å². The highest BCUT2D eigenvalue weighted by atomic mass is 32.2. The molecule has 0 fully saturated rings. The van der Waals surface area contributed by atoms with Gasteiger partial charge in [-0.05, 0) is 41.5 Å². The van der Waals surface area contributed by atoms with E-state index in [1.54, 1.807) is 6.07 Å². The van der Waals surface area contributed by atoms with Gasteiger partial charge in [-0.25, -0.2) is 0 Å². The van der Waals surface area contributed by atoms with Crippen molar-refractivity contribution in [3.05, 3.63) is 23.3 Å². The smallest absolute Gasteiger partial charge is 0.117 e. The molecular weight excluding hydrogens is 220 g/mol. The van der Waals surface area contributed by atoms with Crippen molar-refractivity contribution in [3.8, 4) is 5.75 Å². The summed E-state index contributed by atoms with van der Waals surface area (Å²) in [5, 5.41) is 9.67. The molecule has 1 aromatic rings. The van der Waals surface area contributed by atoms with Gasteiger partial charge >= 0.3 is 0 Å². The summed E-state index contributed by atoms with van der Waals surface area (Å²) < 4.78 is 12.0. The Balaban J connectivity index is 2.64. The van der Waals surface area contributed by atoms with Gasteiger partial charge in [-0.2, -0.15) is 0 Å². The van der Waals surface area contributed by atoms with E-state index in [0.717, 1.165) is 22.6 Å². The third kappa shape index (κ3) is 1.77. The van der Waals surface area contributed by atoms with Crippen LogP contribution < -0.4 is 0 Å². The summed E-state index contributed by atoms with van der Waals surface area (Å²) in [5.41, 5.74) is 2.39. The van der Waals surface area contributed by atoms with Gasteiger partial charge in [0, 0.05) is 10.6 Å². The number of aromatic hydroxyl groups is 1. The van der Waals surface area contributed by atoms with Crippen LogP contribution in [0.1, 0.15) is 50.2 Å². The molecule has 2 rings (SSSR count). The average Bonchev–Trinajstić information content (AvgIpc) is 2.54. The predicted molar refractivity (Wildman–Crippen MR) is 66.5 cm³/mol. The number of benzene rings is 1. The minimum absolute atomic E-state index is 0.243. The zero-order valence-corrected chi connectivity index (χ0v) is 10.8. The van der Waals surface area contributed by atoms with E-state index < -0.39 is 10.8 Å². The molecule has 1 aliphatic heterocycles. The fourth-order valence-electron chi connectivity index (χ4n) is 2.41. The Bertz CT molecular complexity index is 438. The summed E-state index contributed by atoms with van der Waals surface area (Å²) in [7, 11) is -0.925. The first-order valence-electron chi connectivity index (χ1n) is 5.79. The molecule has 1 aromatic carbocycles. The SMILES string of the molecule is CCC1CS(=O)c2cc(O)cc(C(C)C)c21. The van der Waals surface area contributed by atoms with E-state index in [-0.39, 0.29) is 5.75 Å². The van der Waals surface area contributed by atoms with Crippen molar-refractivity contribution in [2.75, 3.05) is 5.75 Å². The second kappa shape index (κ2) is 4.21. The molecule has 0 spiro atoms. The molecule has 0 saturated carbocycles. The Morgan fingerprint density at radius 1 is 1.50 bits per heavy atom. The summed E-state index contributed by atoms with van der Waals surface area (Å²) in [6, 6.07) is 3.50. The van der Waals surface area contributed by atoms with Crippen molar-refractivity contribution in [1.29, 1.82) is 0 Å². The van der Waals surface area contributed by atoms with Crippen molar-refractivity contribution < 1.29 is 9.32 Å². The lowest BCUT2D eigenvalue weighted by molar-refractivity contribution is 0.471. The van der Waals surface area contributed by atoms with Crippen molar-refractivity contribution in [1.82, 2.24) is 0 Å². The summed E-state index contributed by atoms with van der Waals surface area (Å²) in [5.74, 6) is 1.72. The fourth-order valence-corrected chi connectivity index (χ4v) is 4.14. The first-order valence-corrected chi connectivity index (χ1v) is 7.11. The van der Waals surface area contributed by atoms with Crippen LogP contribution in [-0.2, 0) is 10.8 Å². The molecule has 1 heterocycles. The maximum absolute atomic E-state index is 12.0. The number of hydrogen-bond donors (Lipinski definition) is 1. The Labute approximate surface area is 99.1 Å². The third-order valence-electron chi connectivity index (χ3n) is 3.28. The lowest BCUT2D eigenvalue weighted by Gasteiger charge is -2.16. The molecule has 0 amide bonds. The Morgan fingerprint density at radius 2 is 2.19 bits per heavy atom. The lowest BCUT2D eigenvalue weighted by Crippen LogP contribution is -2.01. The second-order valence-corrected chi connectivity index (χ2v) is 6.18. The largest absolute Gasteiger partial charge is 0.508 e. The monoisotopic (exact) mass is 238 g/mol. The van der Waals surface area contributed by atoms with Crippen molar-refractivity contribution >= 4 is 10.8 Å². The van der Waals surface area contributed by atoms with Crippen LogP contribution in [0.2, 0.25) is 0 Å². The fraction of sp³-hybridized carbons (Fsp3) is 0.538. The van der Waals surface area contributed by atoms with Gasteiger partial charge in [-0.15, -0.1) is 0 Å². The molecular formula is C13H18O2S. The molecule has 0 saturated heterocycles. The quantitative estimate of drug-likeness (QED) is 0.859. The molecule has 1 N–H and O–H groups in total. The van der Waals surface area contributed by atoms with E-state index in [9.17, 15) is 9.32 Å². The van der Waals surface area contributed by atoms with Crippen LogP contribution in [-0.4, -0.2) is 15.1 Å². The molecule has 0 radical (unpaired) electrons. The van der Waals surface area contributed by atoms with Gasteiger partial charge in [-0.3, -0.25) is 4.21 Å². The number of rotatable bonds is 2. The Kier molecular flexibility index (Phi) is 3.06. The van der Waals surface area contributed by atoms with Crippen LogP contribution in [0.15, 0.2) is 17.0 Å². The van der Waals surface area contributed by atoms with Gasteiger partial charge in [0.25, 0.3) is 0 Å².